The van der Waals surface area contributed by atoms with Crippen molar-refractivity contribution < 1.29 is 14.0 Å². The van der Waals surface area contributed by atoms with Gasteiger partial charge in [-0.15, -0.1) is 5.48 Å². The molecule has 1 N–H and O–H groups in total. The molecule has 0 amide bonds. The maximum Gasteiger partial charge on any atom is 0.356 e. The van der Waals surface area contributed by atoms with Crippen LogP contribution < -0.4 is 5.48 Å². The van der Waals surface area contributed by atoms with Crippen LogP contribution in [-0.2, 0) is 11.4 Å². The average molecular weight is 259 g/mol. The first-order valence-electron chi connectivity index (χ1n) is 5.91. The van der Waals surface area contributed by atoms with Crippen LogP contribution in [0.2, 0.25) is 0 Å². The second-order valence-electron chi connectivity index (χ2n) is 4.15. The van der Waals surface area contributed by atoms with Crippen molar-refractivity contribution in [1.29, 1.82) is 0 Å². The van der Waals surface area contributed by atoms with Gasteiger partial charge in [0.25, 0.3) is 0 Å². The van der Waals surface area contributed by atoms with Crippen LogP contribution in [0.25, 0.3) is 0 Å². The fraction of sp³-hybridized carbons (Fsp3) is 0.133. The summed E-state index contributed by atoms with van der Waals surface area (Å²) in [4.78, 5) is 16.6. The maximum absolute atomic E-state index is 12.9. The zero-order valence-electron chi connectivity index (χ0n) is 10.5. The Hall–Kier alpha value is -2.20. The van der Waals surface area contributed by atoms with Gasteiger partial charge < -0.3 is 4.84 Å². The van der Waals surface area contributed by atoms with E-state index in [-0.39, 0.29) is 5.82 Å². The Bertz CT molecular complexity index is 570. The Labute approximate surface area is 111 Å². The van der Waals surface area contributed by atoms with Crippen molar-refractivity contribution in [3.05, 3.63) is 71.0 Å². The molecule has 0 aliphatic heterocycles. The summed E-state index contributed by atoms with van der Waals surface area (Å²) < 4.78 is 12.9. The van der Waals surface area contributed by atoms with Gasteiger partial charge in [-0.25, -0.2) is 9.18 Å². The van der Waals surface area contributed by atoms with Gasteiger partial charge in [0.05, 0.1) is 12.1 Å². The molecule has 0 spiro atoms. The van der Waals surface area contributed by atoms with Crippen LogP contribution in [0.4, 0.5) is 4.39 Å². The molecule has 98 valence electrons. The van der Waals surface area contributed by atoms with Crippen LogP contribution >= 0.6 is 0 Å². The van der Waals surface area contributed by atoms with Gasteiger partial charge in [0, 0.05) is 0 Å². The Balaban J connectivity index is 1.88. The van der Waals surface area contributed by atoms with Gasteiger partial charge in [0.1, 0.15) is 5.82 Å². The van der Waals surface area contributed by atoms with Crippen LogP contribution in [-0.4, -0.2) is 5.97 Å². The van der Waals surface area contributed by atoms with Crippen molar-refractivity contribution in [2.24, 2.45) is 0 Å². The summed E-state index contributed by atoms with van der Waals surface area (Å²) in [5, 5.41) is 0. The predicted molar refractivity (Wildman–Crippen MR) is 69.8 cm³/mol. The number of benzene rings is 2. The number of halogens is 1. The molecule has 2 aromatic carbocycles. The van der Waals surface area contributed by atoms with Gasteiger partial charge in [0.15, 0.2) is 0 Å². The first-order valence-corrected chi connectivity index (χ1v) is 5.91. The summed E-state index contributed by atoms with van der Waals surface area (Å²) in [6.45, 7) is 2.14. The largest absolute Gasteiger partial charge is 0.366 e. The number of carbonyl (C=O) groups excluding carboxylic acids is 1. The maximum atomic E-state index is 12.9. The second-order valence-corrected chi connectivity index (χ2v) is 4.15. The lowest BCUT2D eigenvalue weighted by Crippen LogP contribution is -2.20. The van der Waals surface area contributed by atoms with Crippen molar-refractivity contribution in [2.45, 2.75) is 13.5 Å². The molecule has 0 bridgehead atoms. The SMILES string of the molecule is Cc1cc(F)ccc1CNOC(=O)c1ccccc1. The number of nitrogens with one attached hydrogen (secondary N) is 1. The van der Waals surface area contributed by atoms with Gasteiger partial charge in [0.2, 0.25) is 0 Å². The minimum absolute atomic E-state index is 0.275. The zero-order valence-corrected chi connectivity index (χ0v) is 10.5. The van der Waals surface area contributed by atoms with E-state index in [0.29, 0.717) is 12.1 Å². The summed E-state index contributed by atoms with van der Waals surface area (Å²) in [6.07, 6.45) is 0. The molecule has 0 aliphatic carbocycles. The molecule has 3 nitrogen and oxygen atoms in total. The Morgan fingerprint density at radius 1 is 1.21 bits per heavy atom. The Morgan fingerprint density at radius 3 is 2.63 bits per heavy atom. The molecule has 0 aromatic heterocycles. The minimum atomic E-state index is -0.444. The first-order chi connectivity index (χ1) is 9.16. The lowest BCUT2D eigenvalue weighted by Gasteiger charge is -2.08. The van der Waals surface area contributed by atoms with Crippen LogP contribution in [0.3, 0.4) is 0 Å². The van der Waals surface area contributed by atoms with Crippen LogP contribution in [0.15, 0.2) is 48.5 Å². The summed E-state index contributed by atoms with van der Waals surface area (Å²) in [5.74, 6) is -0.720. The van der Waals surface area contributed by atoms with E-state index in [0.717, 1.165) is 11.1 Å². The topological polar surface area (TPSA) is 38.3 Å². The third-order valence-electron chi connectivity index (χ3n) is 2.74. The summed E-state index contributed by atoms with van der Waals surface area (Å²) >= 11 is 0. The molecule has 0 fully saturated rings. The zero-order chi connectivity index (χ0) is 13.7. The first kappa shape index (κ1) is 13.2. The third kappa shape index (κ3) is 3.63. The van der Waals surface area contributed by atoms with Crippen molar-refractivity contribution in [3.63, 3.8) is 0 Å². The molecular formula is C15H14FNO2. The highest BCUT2D eigenvalue weighted by molar-refractivity contribution is 5.89. The molecule has 0 aliphatic rings. The molecular weight excluding hydrogens is 245 g/mol. The molecule has 0 heterocycles. The predicted octanol–water partition coefficient (Wildman–Crippen LogP) is 3.00. The molecule has 0 atom stereocenters. The number of carbonyl (C=O) groups is 1. The highest BCUT2D eigenvalue weighted by Crippen LogP contribution is 2.09. The fourth-order valence-electron chi connectivity index (χ4n) is 1.67. The third-order valence-corrected chi connectivity index (χ3v) is 2.74. The summed E-state index contributed by atoms with van der Waals surface area (Å²) in [6, 6.07) is 13.2. The van der Waals surface area contributed by atoms with Crippen LogP contribution in [0.5, 0.6) is 0 Å². The van der Waals surface area contributed by atoms with E-state index >= 15 is 0 Å². The Morgan fingerprint density at radius 2 is 1.95 bits per heavy atom. The molecule has 19 heavy (non-hydrogen) atoms. The van der Waals surface area contributed by atoms with Gasteiger partial charge in [-0.1, -0.05) is 24.3 Å². The van der Waals surface area contributed by atoms with Gasteiger partial charge >= 0.3 is 5.97 Å². The van der Waals surface area contributed by atoms with E-state index in [2.05, 4.69) is 5.48 Å². The van der Waals surface area contributed by atoms with Gasteiger partial charge in [-0.3, -0.25) is 0 Å². The van der Waals surface area contributed by atoms with E-state index in [1.165, 1.54) is 12.1 Å². The Kier molecular flexibility index (Phi) is 4.26. The van der Waals surface area contributed by atoms with Crippen molar-refractivity contribution in [1.82, 2.24) is 5.48 Å². The number of hydroxylamine groups is 1. The van der Waals surface area contributed by atoms with E-state index < -0.39 is 5.97 Å². The van der Waals surface area contributed by atoms with E-state index in [4.69, 9.17) is 4.84 Å². The molecule has 0 radical (unpaired) electrons. The van der Waals surface area contributed by atoms with E-state index in [1.54, 1.807) is 37.3 Å². The normalized spacial score (nSPS) is 10.2. The number of hydrogen-bond acceptors (Lipinski definition) is 3. The average Bonchev–Trinajstić information content (AvgIpc) is 2.42. The van der Waals surface area contributed by atoms with Crippen molar-refractivity contribution in [2.75, 3.05) is 0 Å². The molecule has 2 rings (SSSR count). The fourth-order valence-corrected chi connectivity index (χ4v) is 1.67. The smallest absolute Gasteiger partial charge is 0.356 e. The number of rotatable bonds is 4. The lowest BCUT2D eigenvalue weighted by atomic mass is 10.1. The highest BCUT2D eigenvalue weighted by atomic mass is 19.1. The van der Waals surface area contributed by atoms with Gasteiger partial charge in [-0.2, -0.15) is 0 Å². The quantitative estimate of drug-likeness (QED) is 0.858. The number of hydrogen-bond donors (Lipinski definition) is 1. The van der Waals surface area contributed by atoms with E-state index in [1.807, 2.05) is 6.07 Å². The van der Waals surface area contributed by atoms with Gasteiger partial charge in [-0.05, 0) is 42.3 Å². The monoisotopic (exact) mass is 259 g/mol. The second kappa shape index (κ2) is 6.11. The summed E-state index contributed by atoms with van der Waals surface area (Å²) in [7, 11) is 0. The summed E-state index contributed by atoms with van der Waals surface area (Å²) in [5.41, 5.74) is 4.75. The highest BCUT2D eigenvalue weighted by Gasteiger charge is 2.06. The molecule has 0 unspecified atom stereocenters. The van der Waals surface area contributed by atoms with Crippen molar-refractivity contribution in [3.8, 4) is 0 Å². The van der Waals surface area contributed by atoms with Crippen molar-refractivity contribution >= 4 is 5.97 Å². The molecule has 0 saturated heterocycles. The standard InChI is InChI=1S/C15H14FNO2/c1-11-9-14(16)8-7-13(11)10-17-19-15(18)12-5-3-2-4-6-12/h2-9,17H,10H2,1H3. The van der Waals surface area contributed by atoms with Crippen LogP contribution in [0, 0.1) is 12.7 Å². The molecule has 2 aromatic rings. The van der Waals surface area contributed by atoms with Crippen LogP contribution in [0.1, 0.15) is 21.5 Å². The minimum Gasteiger partial charge on any atom is -0.366 e. The molecule has 4 heteroatoms. The van der Waals surface area contributed by atoms with E-state index in [9.17, 15) is 9.18 Å². The lowest BCUT2D eigenvalue weighted by molar-refractivity contribution is 0.0237. The molecule has 0 saturated carbocycles. The number of aryl methyl sites for hydroxylation is 1.